The SMILES string of the molecule is CC(C)n1c(CC[C@@H](O)C[C@@H](O)CC(=O)O)c(-c2ccc(F)cc2)c2c3ccccc3n(-c3ccc(F)cc3)c(=O)c21. The van der Waals surface area contributed by atoms with Gasteiger partial charge in [-0.25, -0.2) is 8.78 Å². The van der Waals surface area contributed by atoms with Crippen molar-refractivity contribution >= 4 is 27.8 Å². The summed E-state index contributed by atoms with van der Waals surface area (Å²) in [5, 5.41) is 31.2. The van der Waals surface area contributed by atoms with E-state index < -0.39 is 36.2 Å². The van der Waals surface area contributed by atoms with E-state index in [0.717, 1.165) is 16.6 Å². The van der Waals surface area contributed by atoms with Crippen LogP contribution < -0.4 is 5.56 Å². The fourth-order valence-electron chi connectivity index (χ4n) is 5.82. The summed E-state index contributed by atoms with van der Waals surface area (Å²) in [5.74, 6) is -1.98. The average molecular weight is 575 g/mol. The van der Waals surface area contributed by atoms with Crippen LogP contribution in [0, 0.1) is 11.6 Å². The van der Waals surface area contributed by atoms with Gasteiger partial charge in [-0.2, -0.15) is 0 Å². The molecule has 2 atom stereocenters. The molecule has 2 heterocycles. The summed E-state index contributed by atoms with van der Waals surface area (Å²) >= 11 is 0. The number of carbonyl (C=O) groups is 1. The molecule has 9 heteroatoms. The van der Waals surface area contributed by atoms with Crippen molar-refractivity contribution < 1.29 is 28.9 Å². The predicted octanol–water partition coefficient (Wildman–Crippen LogP) is 5.99. The fraction of sp³-hybridized carbons (Fsp3) is 0.273. The Morgan fingerprint density at radius 1 is 0.881 bits per heavy atom. The summed E-state index contributed by atoms with van der Waals surface area (Å²) in [7, 11) is 0. The number of aromatic nitrogens is 2. The Morgan fingerprint density at radius 2 is 1.50 bits per heavy atom. The van der Waals surface area contributed by atoms with Gasteiger partial charge in [0.25, 0.3) is 5.56 Å². The molecule has 0 radical (unpaired) electrons. The fourth-order valence-corrected chi connectivity index (χ4v) is 5.82. The Morgan fingerprint density at radius 3 is 2.12 bits per heavy atom. The lowest BCUT2D eigenvalue weighted by atomic mass is 9.96. The van der Waals surface area contributed by atoms with Crippen molar-refractivity contribution in [2.75, 3.05) is 0 Å². The van der Waals surface area contributed by atoms with Crippen LogP contribution in [0.2, 0.25) is 0 Å². The van der Waals surface area contributed by atoms with Crippen molar-refractivity contribution in [1.82, 2.24) is 9.13 Å². The number of aliphatic hydroxyl groups excluding tert-OH is 2. The van der Waals surface area contributed by atoms with Gasteiger partial charge in [0, 0.05) is 33.8 Å². The summed E-state index contributed by atoms with van der Waals surface area (Å²) in [6.07, 6.45) is -2.29. The normalized spacial score (nSPS) is 13.2. The van der Waals surface area contributed by atoms with Crippen LogP contribution in [-0.2, 0) is 11.2 Å². The number of rotatable bonds is 10. The minimum absolute atomic E-state index is 0.111. The quantitative estimate of drug-likeness (QED) is 0.190. The number of fused-ring (bicyclic) bond motifs is 3. The highest BCUT2D eigenvalue weighted by molar-refractivity contribution is 6.14. The highest BCUT2D eigenvalue weighted by atomic mass is 19.1. The van der Waals surface area contributed by atoms with E-state index in [1.165, 1.54) is 24.3 Å². The molecule has 3 aromatic carbocycles. The smallest absolute Gasteiger partial charge is 0.305 e. The van der Waals surface area contributed by atoms with E-state index in [4.69, 9.17) is 5.11 Å². The summed E-state index contributed by atoms with van der Waals surface area (Å²) < 4.78 is 31.3. The number of hydrogen-bond acceptors (Lipinski definition) is 4. The number of aliphatic carboxylic acids is 1. The summed E-state index contributed by atoms with van der Waals surface area (Å²) in [6, 6.07) is 19.0. The first-order valence-electron chi connectivity index (χ1n) is 13.9. The maximum atomic E-state index is 14.4. The zero-order chi connectivity index (χ0) is 30.1. The zero-order valence-corrected chi connectivity index (χ0v) is 23.3. The standard InChI is InChI=1S/C33H32F2N2O5/c1-19(2)36-28(16-15-24(38)17-25(39)18-29(40)41)30(20-7-9-21(34)10-8-20)31-26-5-3-4-6-27(26)37(33(42)32(31)36)23-13-11-22(35)12-14-23/h3-14,19,24-25,38-39H,15-18H2,1-2H3,(H,40,41)/t24-,25-/m1/s1. The second-order valence-corrected chi connectivity index (χ2v) is 10.8. The molecule has 0 unspecified atom stereocenters. The van der Waals surface area contributed by atoms with Crippen molar-refractivity contribution in [1.29, 1.82) is 0 Å². The molecule has 0 aliphatic heterocycles. The molecule has 218 valence electrons. The van der Waals surface area contributed by atoms with Crippen molar-refractivity contribution in [2.24, 2.45) is 0 Å². The van der Waals surface area contributed by atoms with E-state index in [1.807, 2.05) is 42.7 Å². The van der Waals surface area contributed by atoms with E-state index in [0.29, 0.717) is 34.1 Å². The maximum absolute atomic E-state index is 14.4. The maximum Gasteiger partial charge on any atom is 0.305 e. The molecule has 0 saturated heterocycles. The van der Waals surface area contributed by atoms with Gasteiger partial charge in [-0.1, -0.05) is 30.3 Å². The molecule has 5 rings (SSSR count). The number of para-hydroxylation sites is 1. The highest BCUT2D eigenvalue weighted by Gasteiger charge is 2.27. The molecule has 0 amide bonds. The number of pyridine rings is 1. The largest absolute Gasteiger partial charge is 0.481 e. The van der Waals surface area contributed by atoms with Gasteiger partial charge in [0.1, 0.15) is 17.2 Å². The van der Waals surface area contributed by atoms with Gasteiger partial charge in [-0.3, -0.25) is 14.2 Å². The predicted molar refractivity (Wildman–Crippen MR) is 158 cm³/mol. The number of halogens is 2. The van der Waals surface area contributed by atoms with Crippen LogP contribution in [0.15, 0.2) is 77.6 Å². The Hall–Kier alpha value is -4.34. The van der Waals surface area contributed by atoms with Gasteiger partial charge >= 0.3 is 5.97 Å². The molecular weight excluding hydrogens is 542 g/mol. The Bertz CT molecular complexity index is 1810. The Labute approximate surface area is 240 Å². The third kappa shape index (κ3) is 5.57. The molecule has 0 fully saturated rings. The van der Waals surface area contributed by atoms with Gasteiger partial charge in [0.15, 0.2) is 0 Å². The molecule has 42 heavy (non-hydrogen) atoms. The van der Waals surface area contributed by atoms with Crippen molar-refractivity contribution in [2.45, 2.75) is 57.8 Å². The first-order valence-corrected chi connectivity index (χ1v) is 13.9. The molecule has 0 spiro atoms. The molecule has 0 saturated carbocycles. The van der Waals surface area contributed by atoms with Crippen LogP contribution in [0.3, 0.4) is 0 Å². The second kappa shape index (κ2) is 11.9. The topological polar surface area (TPSA) is 105 Å². The Balaban J connectivity index is 1.80. The van der Waals surface area contributed by atoms with Gasteiger partial charge in [-0.15, -0.1) is 0 Å². The van der Waals surface area contributed by atoms with E-state index in [2.05, 4.69) is 0 Å². The van der Waals surface area contributed by atoms with Crippen LogP contribution >= 0.6 is 0 Å². The first kappa shape index (κ1) is 29.2. The van der Waals surface area contributed by atoms with Crippen LogP contribution in [0.4, 0.5) is 8.78 Å². The highest BCUT2D eigenvalue weighted by Crippen LogP contribution is 2.41. The van der Waals surface area contributed by atoms with Gasteiger partial charge in [0.05, 0.1) is 24.1 Å². The molecule has 2 aromatic heterocycles. The van der Waals surface area contributed by atoms with E-state index >= 15 is 0 Å². The van der Waals surface area contributed by atoms with Crippen LogP contribution in [-0.4, -0.2) is 42.6 Å². The first-order chi connectivity index (χ1) is 20.1. The lowest BCUT2D eigenvalue weighted by Gasteiger charge is -2.19. The third-order valence-corrected chi connectivity index (χ3v) is 7.53. The van der Waals surface area contributed by atoms with Crippen LogP contribution in [0.5, 0.6) is 0 Å². The van der Waals surface area contributed by atoms with E-state index in [9.17, 15) is 28.6 Å². The van der Waals surface area contributed by atoms with Gasteiger partial charge in [0.2, 0.25) is 0 Å². The zero-order valence-electron chi connectivity index (χ0n) is 23.3. The molecule has 0 bridgehead atoms. The van der Waals surface area contributed by atoms with Crippen LogP contribution in [0.25, 0.3) is 38.6 Å². The minimum Gasteiger partial charge on any atom is -0.481 e. The average Bonchev–Trinajstić information content (AvgIpc) is 3.29. The monoisotopic (exact) mass is 574 g/mol. The van der Waals surface area contributed by atoms with Crippen molar-refractivity contribution in [3.63, 3.8) is 0 Å². The summed E-state index contributed by atoms with van der Waals surface area (Å²) in [4.78, 5) is 25.4. The number of aliphatic hydroxyl groups is 2. The molecule has 0 aliphatic carbocycles. The number of carboxylic acids is 1. The van der Waals surface area contributed by atoms with Gasteiger partial charge in [-0.05, 0) is 81.1 Å². The number of benzene rings is 3. The Kier molecular flexibility index (Phi) is 8.24. The van der Waals surface area contributed by atoms with Gasteiger partial charge < -0.3 is 19.9 Å². The van der Waals surface area contributed by atoms with E-state index in [-0.39, 0.29) is 24.4 Å². The summed E-state index contributed by atoms with van der Waals surface area (Å²) in [5.41, 5.74) is 3.41. The lowest BCUT2D eigenvalue weighted by Crippen LogP contribution is -2.23. The number of nitrogens with zero attached hydrogens (tertiary/aromatic N) is 2. The third-order valence-electron chi connectivity index (χ3n) is 7.53. The van der Waals surface area contributed by atoms with Crippen molar-refractivity contribution in [3.8, 4) is 16.8 Å². The molecule has 3 N–H and O–H groups in total. The summed E-state index contributed by atoms with van der Waals surface area (Å²) in [6.45, 7) is 3.89. The van der Waals surface area contributed by atoms with E-state index in [1.54, 1.807) is 28.8 Å². The minimum atomic E-state index is -1.20. The molecule has 5 aromatic rings. The molecular formula is C33H32F2N2O5. The number of hydrogen-bond donors (Lipinski definition) is 3. The second-order valence-electron chi connectivity index (χ2n) is 10.8. The lowest BCUT2D eigenvalue weighted by molar-refractivity contribution is -0.139. The van der Waals surface area contributed by atoms with Crippen LogP contribution in [0.1, 0.15) is 44.8 Å². The number of carboxylic acid groups (broad SMARTS) is 1. The molecule has 7 nitrogen and oxygen atoms in total. The van der Waals surface area contributed by atoms with Crippen molar-refractivity contribution in [3.05, 3.63) is 100 Å². The molecule has 0 aliphatic rings.